The summed E-state index contributed by atoms with van der Waals surface area (Å²) in [5.41, 5.74) is 1.69. The maximum atomic E-state index is 4.78. The monoisotopic (exact) mass is 415 g/mol. The van der Waals surface area contributed by atoms with Crippen LogP contribution < -0.4 is 27.1 Å². The lowest BCUT2D eigenvalue weighted by Gasteiger charge is -2.30. The average molecular weight is 416 g/mol. The lowest BCUT2D eigenvalue weighted by molar-refractivity contribution is -0.633. The summed E-state index contributed by atoms with van der Waals surface area (Å²) < 4.78 is 1.98. The predicted octanol–water partition coefficient (Wildman–Crippen LogP) is 1.27. The van der Waals surface area contributed by atoms with E-state index in [0.29, 0.717) is 0 Å². The molecule has 25 heavy (non-hydrogen) atoms. The van der Waals surface area contributed by atoms with Gasteiger partial charge in [-0.15, -0.1) is 21.0 Å². The molecule has 1 aliphatic heterocycles. The van der Waals surface area contributed by atoms with Crippen LogP contribution in [0.2, 0.25) is 0 Å². The Kier molecular flexibility index (Phi) is 4.87. The second kappa shape index (κ2) is 6.93. The number of benzene rings is 2. The Hall–Kier alpha value is -2.25. The molecule has 0 fully saturated rings. The van der Waals surface area contributed by atoms with Crippen LogP contribution in [0, 0.1) is 0 Å². The Morgan fingerprint density at radius 1 is 1.00 bits per heavy atom. The number of aromatic nitrogens is 1. The maximum Gasteiger partial charge on any atom is 0.263 e. The lowest BCUT2D eigenvalue weighted by atomic mass is 10.0. The molecule has 1 aliphatic rings. The summed E-state index contributed by atoms with van der Waals surface area (Å²) in [6.07, 6.45) is 1.83. The Morgan fingerprint density at radius 2 is 1.64 bits per heavy atom. The molecular formula is C18H18BrN5S. The van der Waals surface area contributed by atoms with Gasteiger partial charge in [-0.05, 0) is 17.3 Å². The first kappa shape index (κ1) is 17.6. The second-order valence-corrected chi connectivity index (χ2v) is 6.62. The van der Waals surface area contributed by atoms with Crippen molar-refractivity contribution in [2.45, 2.75) is 12.6 Å². The molecule has 2 aromatic carbocycles. The highest BCUT2D eigenvalue weighted by Crippen LogP contribution is 2.41. The number of nitrogens with zero attached hydrogens (tertiary/aromatic N) is 5. The van der Waals surface area contributed by atoms with Crippen molar-refractivity contribution < 1.29 is 21.7 Å². The van der Waals surface area contributed by atoms with Gasteiger partial charge in [-0.25, -0.2) is 4.98 Å². The van der Waals surface area contributed by atoms with Gasteiger partial charge in [0.2, 0.25) is 5.13 Å². The standard InChI is InChI=1S/C18H18N5S.BrH/c1-18(15-9-5-3-6-10-15)21(2)20-23(16-11-7-4-8-12-16)22(18)17-19-13-14-24-17;/h3-14H,1-2H3;1H/q+1;/p-1. The van der Waals surface area contributed by atoms with Crippen molar-refractivity contribution in [3.05, 3.63) is 77.8 Å². The highest BCUT2D eigenvalue weighted by atomic mass is 79.9. The molecule has 4 rings (SSSR count). The smallest absolute Gasteiger partial charge is 0.263 e. The predicted molar refractivity (Wildman–Crippen MR) is 95.9 cm³/mol. The first-order valence-corrected chi connectivity index (χ1v) is 8.65. The summed E-state index contributed by atoms with van der Waals surface area (Å²) in [7, 11) is 2.00. The fourth-order valence-electron chi connectivity index (χ4n) is 2.95. The Bertz CT molecular complexity index is 854. The molecule has 128 valence electrons. The SMILES string of the molecule is C[N+]1=NN(c2ccccc2)N(c2nccs2)C1(C)c1ccccc1.[Br-]. The summed E-state index contributed by atoms with van der Waals surface area (Å²) in [6.45, 7) is 2.16. The first-order chi connectivity index (χ1) is 11.7. The third-order valence-electron chi connectivity index (χ3n) is 4.36. The number of para-hydroxylation sites is 1. The van der Waals surface area contributed by atoms with Gasteiger partial charge in [-0.2, -0.15) is 0 Å². The van der Waals surface area contributed by atoms with Crippen molar-refractivity contribution in [1.29, 1.82) is 0 Å². The maximum absolute atomic E-state index is 4.78. The van der Waals surface area contributed by atoms with E-state index in [4.69, 9.17) is 5.22 Å². The minimum absolute atomic E-state index is 0. The van der Waals surface area contributed by atoms with Crippen LogP contribution in [0.15, 0.2) is 77.5 Å². The van der Waals surface area contributed by atoms with Crippen LogP contribution >= 0.6 is 11.3 Å². The normalized spacial score (nSPS) is 19.5. The number of halogens is 1. The van der Waals surface area contributed by atoms with E-state index >= 15 is 0 Å². The molecule has 3 aromatic rings. The van der Waals surface area contributed by atoms with E-state index in [0.717, 1.165) is 16.4 Å². The minimum Gasteiger partial charge on any atom is -1.00 e. The Morgan fingerprint density at radius 3 is 2.24 bits per heavy atom. The van der Waals surface area contributed by atoms with E-state index in [1.807, 2.05) is 52.7 Å². The van der Waals surface area contributed by atoms with Crippen molar-refractivity contribution in [3.63, 3.8) is 0 Å². The summed E-state index contributed by atoms with van der Waals surface area (Å²) in [6, 6.07) is 20.5. The van der Waals surface area contributed by atoms with Crippen molar-refractivity contribution in [2.24, 2.45) is 5.22 Å². The number of hydrogen-bond donors (Lipinski definition) is 0. The molecule has 0 bridgehead atoms. The minimum atomic E-state index is -0.463. The molecule has 0 spiro atoms. The molecule has 0 saturated carbocycles. The molecule has 0 N–H and O–H groups in total. The van der Waals surface area contributed by atoms with Gasteiger partial charge in [-0.3, -0.25) is 0 Å². The largest absolute Gasteiger partial charge is 1.00 e. The van der Waals surface area contributed by atoms with Crippen LogP contribution in [0.3, 0.4) is 0 Å². The van der Waals surface area contributed by atoms with Crippen LogP contribution in [0.25, 0.3) is 0 Å². The van der Waals surface area contributed by atoms with Crippen molar-refractivity contribution in [1.82, 2.24) is 4.98 Å². The van der Waals surface area contributed by atoms with Crippen molar-refractivity contribution >= 4 is 22.2 Å². The zero-order chi connectivity index (χ0) is 16.6. The van der Waals surface area contributed by atoms with Gasteiger partial charge in [0.15, 0.2) is 5.69 Å². The molecule has 7 heteroatoms. The fraction of sp³-hybridized carbons (Fsp3) is 0.167. The highest BCUT2D eigenvalue weighted by Gasteiger charge is 2.54. The molecule has 1 atom stereocenters. The quantitative estimate of drug-likeness (QED) is 0.604. The van der Waals surface area contributed by atoms with Gasteiger partial charge in [-0.1, -0.05) is 48.5 Å². The number of hydrazine groups is 1. The van der Waals surface area contributed by atoms with E-state index in [-0.39, 0.29) is 17.0 Å². The van der Waals surface area contributed by atoms with E-state index in [1.54, 1.807) is 11.3 Å². The van der Waals surface area contributed by atoms with Gasteiger partial charge < -0.3 is 17.0 Å². The van der Waals surface area contributed by atoms with Gasteiger partial charge in [0.25, 0.3) is 5.66 Å². The molecular weight excluding hydrogens is 398 g/mol. The van der Waals surface area contributed by atoms with Gasteiger partial charge in [0.1, 0.15) is 12.3 Å². The van der Waals surface area contributed by atoms with Crippen molar-refractivity contribution in [2.75, 3.05) is 17.2 Å². The molecule has 1 unspecified atom stereocenters. The molecule has 0 aliphatic carbocycles. The molecule has 0 amide bonds. The summed E-state index contributed by atoms with van der Waals surface area (Å²) in [5, 5.41) is 11.7. The van der Waals surface area contributed by atoms with Gasteiger partial charge >= 0.3 is 0 Å². The summed E-state index contributed by atoms with van der Waals surface area (Å²) in [5.74, 6) is 0. The lowest BCUT2D eigenvalue weighted by Crippen LogP contribution is -3.00. The average Bonchev–Trinajstić information content (AvgIpc) is 3.24. The van der Waals surface area contributed by atoms with Crippen LogP contribution in [0.5, 0.6) is 0 Å². The Balaban J connectivity index is 0.00000182. The highest BCUT2D eigenvalue weighted by molar-refractivity contribution is 7.13. The van der Waals surface area contributed by atoms with E-state index < -0.39 is 5.66 Å². The number of rotatable bonds is 3. The molecule has 0 radical (unpaired) electrons. The third-order valence-corrected chi connectivity index (χ3v) is 5.11. The molecule has 0 saturated heterocycles. The summed E-state index contributed by atoms with van der Waals surface area (Å²) >= 11 is 1.60. The zero-order valence-corrected chi connectivity index (χ0v) is 16.4. The van der Waals surface area contributed by atoms with Crippen LogP contribution in [-0.2, 0) is 5.66 Å². The number of hydrogen-bond acceptors (Lipinski definition) is 5. The first-order valence-electron chi connectivity index (χ1n) is 7.77. The Labute approximate surface area is 161 Å². The molecule has 2 heterocycles. The van der Waals surface area contributed by atoms with Crippen LogP contribution in [-0.4, -0.2) is 16.7 Å². The van der Waals surface area contributed by atoms with Crippen LogP contribution in [0.4, 0.5) is 10.8 Å². The second-order valence-electron chi connectivity index (χ2n) is 5.75. The van der Waals surface area contributed by atoms with Crippen molar-refractivity contribution in [3.8, 4) is 0 Å². The van der Waals surface area contributed by atoms with E-state index in [9.17, 15) is 0 Å². The summed E-state index contributed by atoms with van der Waals surface area (Å²) in [4.78, 5) is 4.55. The van der Waals surface area contributed by atoms with E-state index in [1.165, 1.54) is 0 Å². The van der Waals surface area contributed by atoms with Crippen LogP contribution in [0.1, 0.15) is 12.5 Å². The third kappa shape index (κ3) is 2.83. The fourth-order valence-corrected chi connectivity index (χ4v) is 3.68. The van der Waals surface area contributed by atoms with Gasteiger partial charge in [0.05, 0.1) is 0 Å². The van der Waals surface area contributed by atoms with E-state index in [2.05, 4.69) is 53.3 Å². The molecule has 5 nitrogen and oxygen atoms in total. The molecule has 1 aromatic heterocycles. The number of anilines is 2. The zero-order valence-electron chi connectivity index (χ0n) is 14.0. The number of thiazole rings is 1. The topological polar surface area (TPSA) is 34.7 Å². The van der Waals surface area contributed by atoms with Gasteiger partial charge in [0, 0.05) is 24.1 Å².